The van der Waals surface area contributed by atoms with Gasteiger partial charge in [0.25, 0.3) is 0 Å². The number of H-pyrrole nitrogens is 1. The summed E-state index contributed by atoms with van der Waals surface area (Å²) in [5, 5.41) is 3.57. The number of imidazole rings is 1. The first-order valence-corrected chi connectivity index (χ1v) is 8.05. The highest BCUT2D eigenvalue weighted by Crippen LogP contribution is 2.18. The maximum absolute atomic E-state index is 12.0. The molecule has 1 amide bonds. The van der Waals surface area contributed by atoms with Gasteiger partial charge in [0.2, 0.25) is 5.91 Å². The Kier molecular flexibility index (Phi) is 5.01. The Morgan fingerprint density at radius 3 is 2.79 bits per heavy atom. The second-order valence-electron chi connectivity index (χ2n) is 5.47. The largest absolute Gasteiger partial charge is 0.497 e. The number of rotatable bonds is 6. The van der Waals surface area contributed by atoms with Crippen LogP contribution in [0.15, 0.2) is 42.5 Å². The van der Waals surface area contributed by atoms with E-state index in [0.29, 0.717) is 24.4 Å². The van der Waals surface area contributed by atoms with Crippen molar-refractivity contribution in [2.24, 2.45) is 0 Å². The quantitative estimate of drug-likeness (QED) is 0.722. The first kappa shape index (κ1) is 16.3. The van der Waals surface area contributed by atoms with E-state index in [9.17, 15) is 4.79 Å². The summed E-state index contributed by atoms with van der Waals surface area (Å²) in [6.07, 6.45) is 0.984. The molecule has 0 aliphatic heterocycles. The predicted molar refractivity (Wildman–Crippen MR) is 94.5 cm³/mol. The van der Waals surface area contributed by atoms with Crippen molar-refractivity contribution in [3.8, 4) is 5.75 Å². The zero-order chi connectivity index (χ0) is 16.9. The maximum atomic E-state index is 12.0. The Morgan fingerprint density at radius 1 is 1.25 bits per heavy atom. The lowest BCUT2D eigenvalue weighted by Gasteiger charge is -2.04. The second-order valence-corrected chi connectivity index (χ2v) is 5.91. The molecule has 0 unspecified atom stereocenters. The molecule has 0 radical (unpaired) electrons. The van der Waals surface area contributed by atoms with Gasteiger partial charge in [-0.05, 0) is 29.8 Å². The van der Waals surface area contributed by atoms with Gasteiger partial charge in [0.15, 0.2) is 0 Å². The molecule has 0 aliphatic carbocycles. The molecule has 1 heterocycles. The van der Waals surface area contributed by atoms with Crippen LogP contribution in [0.25, 0.3) is 11.0 Å². The molecule has 24 heavy (non-hydrogen) atoms. The molecule has 6 heteroatoms. The highest BCUT2D eigenvalue weighted by molar-refractivity contribution is 6.30. The molecule has 0 fully saturated rings. The minimum Gasteiger partial charge on any atom is -0.497 e. The number of nitrogens with zero attached hydrogens (tertiary/aromatic N) is 1. The van der Waals surface area contributed by atoms with Crippen molar-refractivity contribution in [2.75, 3.05) is 13.7 Å². The average Bonchev–Trinajstić information content (AvgIpc) is 2.98. The van der Waals surface area contributed by atoms with Crippen LogP contribution >= 0.6 is 11.6 Å². The van der Waals surface area contributed by atoms with Gasteiger partial charge in [0.1, 0.15) is 11.6 Å². The highest BCUT2D eigenvalue weighted by atomic mass is 35.5. The van der Waals surface area contributed by atoms with Gasteiger partial charge >= 0.3 is 0 Å². The Bertz CT molecular complexity index is 843. The lowest BCUT2D eigenvalue weighted by Crippen LogP contribution is -2.27. The number of carbonyl (C=O) groups is 1. The molecule has 3 rings (SSSR count). The Morgan fingerprint density at radius 2 is 2.04 bits per heavy atom. The summed E-state index contributed by atoms with van der Waals surface area (Å²) >= 11 is 5.83. The zero-order valence-corrected chi connectivity index (χ0v) is 14.1. The Balaban J connectivity index is 1.52. The lowest BCUT2D eigenvalue weighted by molar-refractivity contribution is -0.120. The number of ether oxygens (including phenoxy) is 1. The van der Waals surface area contributed by atoms with Crippen molar-refractivity contribution in [1.82, 2.24) is 15.3 Å². The van der Waals surface area contributed by atoms with Crippen molar-refractivity contribution < 1.29 is 9.53 Å². The molecule has 1 aromatic heterocycles. The van der Waals surface area contributed by atoms with E-state index in [4.69, 9.17) is 16.3 Å². The van der Waals surface area contributed by atoms with Crippen molar-refractivity contribution in [3.63, 3.8) is 0 Å². The fourth-order valence-electron chi connectivity index (χ4n) is 2.46. The average molecular weight is 344 g/mol. The van der Waals surface area contributed by atoms with E-state index in [1.54, 1.807) is 19.2 Å². The summed E-state index contributed by atoms with van der Waals surface area (Å²) in [4.78, 5) is 19.7. The van der Waals surface area contributed by atoms with Crippen molar-refractivity contribution in [3.05, 3.63) is 58.9 Å². The van der Waals surface area contributed by atoms with Gasteiger partial charge in [0.05, 0.1) is 24.6 Å². The minimum atomic E-state index is -0.0184. The van der Waals surface area contributed by atoms with E-state index in [0.717, 1.165) is 28.2 Å². The van der Waals surface area contributed by atoms with E-state index in [-0.39, 0.29) is 5.91 Å². The van der Waals surface area contributed by atoms with E-state index in [2.05, 4.69) is 15.3 Å². The van der Waals surface area contributed by atoms with Crippen LogP contribution in [0.2, 0.25) is 5.02 Å². The number of aromatic nitrogens is 2. The number of hydrogen-bond donors (Lipinski definition) is 2. The molecule has 0 bridgehead atoms. The molecule has 2 N–H and O–H groups in total. The normalized spacial score (nSPS) is 10.8. The van der Waals surface area contributed by atoms with E-state index < -0.39 is 0 Å². The summed E-state index contributed by atoms with van der Waals surface area (Å²) in [5.74, 6) is 1.61. The number of amides is 1. The van der Waals surface area contributed by atoms with Gasteiger partial charge < -0.3 is 15.0 Å². The minimum absolute atomic E-state index is 0.0184. The first-order chi connectivity index (χ1) is 11.6. The van der Waals surface area contributed by atoms with Crippen LogP contribution in [-0.2, 0) is 17.6 Å². The van der Waals surface area contributed by atoms with Crippen LogP contribution in [0.5, 0.6) is 5.75 Å². The van der Waals surface area contributed by atoms with Gasteiger partial charge in [-0.15, -0.1) is 0 Å². The number of aromatic amines is 1. The summed E-state index contributed by atoms with van der Waals surface area (Å²) < 4.78 is 5.20. The third-order valence-electron chi connectivity index (χ3n) is 3.70. The summed E-state index contributed by atoms with van der Waals surface area (Å²) in [6.45, 7) is 0.531. The zero-order valence-electron chi connectivity index (χ0n) is 13.3. The number of hydrogen-bond acceptors (Lipinski definition) is 3. The number of nitrogens with one attached hydrogen (secondary N) is 2. The molecule has 0 spiro atoms. The standard InChI is InChI=1S/C18H18ClN3O2/c1-24-14-6-7-15-16(11-14)22-17(21-15)8-9-20-18(23)10-12-2-4-13(19)5-3-12/h2-7,11H,8-10H2,1H3,(H,20,23)(H,21,22). The van der Waals surface area contributed by atoms with Crippen molar-refractivity contribution in [2.45, 2.75) is 12.8 Å². The molecule has 2 aromatic carbocycles. The van der Waals surface area contributed by atoms with Crippen LogP contribution in [0.3, 0.4) is 0 Å². The molecule has 124 valence electrons. The van der Waals surface area contributed by atoms with Gasteiger partial charge in [-0.25, -0.2) is 4.98 Å². The molecule has 0 saturated carbocycles. The molecular weight excluding hydrogens is 326 g/mol. The molecule has 0 atom stereocenters. The lowest BCUT2D eigenvalue weighted by atomic mass is 10.1. The number of halogens is 1. The third kappa shape index (κ3) is 4.06. The SMILES string of the molecule is COc1ccc2nc(CCNC(=O)Cc3ccc(Cl)cc3)[nH]c2c1. The first-order valence-electron chi connectivity index (χ1n) is 7.68. The Labute approximate surface area is 145 Å². The summed E-state index contributed by atoms with van der Waals surface area (Å²) in [6, 6.07) is 13.0. The summed E-state index contributed by atoms with van der Waals surface area (Å²) in [5.41, 5.74) is 2.75. The predicted octanol–water partition coefficient (Wildman–Crippen LogP) is 3.13. The number of carbonyl (C=O) groups excluding carboxylic acids is 1. The smallest absolute Gasteiger partial charge is 0.224 e. The van der Waals surface area contributed by atoms with Gasteiger partial charge in [-0.3, -0.25) is 4.79 Å². The number of fused-ring (bicyclic) bond motifs is 1. The topological polar surface area (TPSA) is 67.0 Å². The second kappa shape index (κ2) is 7.36. The van der Waals surface area contributed by atoms with Crippen LogP contribution in [-0.4, -0.2) is 29.5 Å². The van der Waals surface area contributed by atoms with E-state index >= 15 is 0 Å². The molecular formula is C18H18ClN3O2. The molecule has 0 saturated heterocycles. The molecule has 5 nitrogen and oxygen atoms in total. The highest BCUT2D eigenvalue weighted by Gasteiger charge is 2.06. The fraction of sp³-hybridized carbons (Fsp3) is 0.222. The van der Waals surface area contributed by atoms with Gasteiger partial charge in [-0.1, -0.05) is 23.7 Å². The molecule has 0 aliphatic rings. The van der Waals surface area contributed by atoms with Crippen LogP contribution in [0.4, 0.5) is 0 Å². The van der Waals surface area contributed by atoms with Gasteiger partial charge in [-0.2, -0.15) is 0 Å². The van der Waals surface area contributed by atoms with Crippen LogP contribution in [0, 0.1) is 0 Å². The number of benzene rings is 2. The monoisotopic (exact) mass is 343 g/mol. The summed E-state index contributed by atoms with van der Waals surface area (Å²) in [7, 11) is 1.63. The maximum Gasteiger partial charge on any atom is 0.224 e. The number of methoxy groups -OCH3 is 1. The van der Waals surface area contributed by atoms with E-state index in [1.165, 1.54) is 0 Å². The van der Waals surface area contributed by atoms with Crippen LogP contribution in [0.1, 0.15) is 11.4 Å². The van der Waals surface area contributed by atoms with Crippen LogP contribution < -0.4 is 10.1 Å². The fourth-order valence-corrected chi connectivity index (χ4v) is 2.58. The Hall–Kier alpha value is -2.53. The van der Waals surface area contributed by atoms with Crippen molar-refractivity contribution >= 4 is 28.5 Å². The van der Waals surface area contributed by atoms with E-state index in [1.807, 2.05) is 30.3 Å². The molecule has 3 aromatic rings. The van der Waals surface area contributed by atoms with Gasteiger partial charge in [0, 0.05) is 24.1 Å². The third-order valence-corrected chi connectivity index (χ3v) is 3.95. The van der Waals surface area contributed by atoms with Crippen molar-refractivity contribution in [1.29, 1.82) is 0 Å².